The number of nitrogens with zero attached hydrogens (tertiary/aromatic N) is 4. The minimum atomic E-state index is -0.576. The number of carbonyl (C=O) groups excluding carboxylic acids is 1. The maximum atomic E-state index is 15.0. The van der Waals surface area contributed by atoms with E-state index in [0.717, 1.165) is 30.8 Å². The van der Waals surface area contributed by atoms with E-state index >= 15 is 0 Å². The Hall–Kier alpha value is -4.44. The first-order valence-electron chi connectivity index (χ1n) is 12.2. The summed E-state index contributed by atoms with van der Waals surface area (Å²) in [6.07, 6.45) is 5.68. The van der Waals surface area contributed by atoms with Crippen molar-refractivity contribution in [2.24, 2.45) is 0 Å². The number of halogens is 2. The molecular formula is C28H24F2N6O2. The number of anilines is 2. The number of piperazine rings is 1. The standard InChI is InChI=1S/C28H24F2N6O2/c1-38-24-6-2-5-21(30)25(24)27-32-9-7-22(34-27)28(37)35-23-11-17(29)10-20(16-4-3-8-31-13-16)26(23)36-15-18-12-19(36)14-33-18/h2-11,13,18-19,33H,12,14-15H2,1H3,(H,35,37). The van der Waals surface area contributed by atoms with Gasteiger partial charge in [0.2, 0.25) is 0 Å². The minimum Gasteiger partial charge on any atom is -0.496 e. The molecule has 2 unspecified atom stereocenters. The molecule has 2 atom stereocenters. The highest BCUT2D eigenvalue weighted by Gasteiger charge is 2.39. The normalized spacial score (nSPS) is 18.0. The molecule has 4 aromatic rings. The van der Waals surface area contributed by atoms with Gasteiger partial charge in [-0.3, -0.25) is 9.78 Å². The monoisotopic (exact) mass is 514 g/mol. The minimum absolute atomic E-state index is 0.00283. The third-order valence-corrected chi connectivity index (χ3v) is 6.95. The van der Waals surface area contributed by atoms with E-state index in [2.05, 4.69) is 30.5 Å². The van der Waals surface area contributed by atoms with Crippen LogP contribution in [-0.4, -0.2) is 53.1 Å². The zero-order valence-corrected chi connectivity index (χ0v) is 20.5. The van der Waals surface area contributed by atoms with Gasteiger partial charge in [0.25, 0.3) is 5.91 Å². The van der Waals surface area contributed by atoms with Crippen LogP contribution < -0.4 is 20.3 Å². The molecule has 10 heteroatoms. The molecule has 38 heavy (non-hydrogen) atoms. The van der Waals surface area contributed by atoms with E-state index in [1.54, 1.807) is 24.5 Å². The number of fused-ring (bicyclic) bond motifs is 2. The number of hydrogen-bond donors (Lipinski definition) is 2. The Labute approximate surface area is 217 Å². The molecule has 2 aromatic carbocycles. The van der Waals surface area contributed by atoms with Crippen molar-refractivity contribution in [3.63, 3.8) is 0 Å². The van der Waals surface area contributed by atoms with Crippen molar-refractivity contribution in [1.29, 1.82) is 0 Å². The lowest BCUT2D eigenvalue weighted by Crippen LogP contribution is -2.44. The fourth-order valence-corrected chi connectivity index (χ4v) is 5.26. The molecule has 0 radical (unpaired) electrons. The number of carbonyl (C=O) groups is 1. The Morgan fingerprint density at radius 1 is 1.16 bits per heavy atom. The van der Waals surface area contributed by atoms with Gasteiger partial charge in [-0.05, 0) is 42.8 Å². The van der Waals surface area contributed by atoms with Gasteiger partial charge in [0.1, 0.15) is 23.1 Å². The Bertz CT molecular complexity index is 1520. The Kier molecular flexibility index (Phi) is 6.16. The van der Waals surface area contributed by atoms with Gasteiger partial charge in [-0.15, -0.1) is 0 Å². The molecule has 2 aliphatic rings. The van der Waals surface area contributed by atoms with Gasteiger partial charge < -0.3 is 20.3 Å². The van der Waals surface area contributed by atoms with E-state index in [4.69, 9.17) is 4.74 Å². The zero-order chi connectivity index (χ0) is 26.2. The van der Waals surface area contributed by atoms with E-state index in [9.17, 15) is 13.6 Å². The van der Waals surface area contributed by atoms with Gasteiger partial charge in [0.05, 0.1) is 24.0 Å². The van der Waals surface area contributed by atoms with Crippen LogP contribution in [-0.2, 0) is 0 Å². The summed E-state index contributed by atoms with van der Waals surface area (Å²) in [5.74, 6) is -1.40. The maximum Gasteiger partial charge on any atom is 0.274 e. The summed E-state index contributed by atoms with van der Waals surface area (Å²) in [5, 5.41) is 6.33. The fraction of sp³-hybridized carbons (Fsp3) is 0.214. The molecule has 0 aliphatic carbocycles. The molecule has 2 N–H and O–H groups in total. The van der Waals surface area contributed by atoms with Crippen molar-refractivity contribution < 1.29 is 18.3 Å². The van der Waals surface area contributed by atoms with Crippen LogP contribution in [0, 0.1) is 11.6 Å². The summed E-state index contributed by atoms with van der Waals surface area (Å²) < 4.78 is 34.8. The molecule has 2 bridgehead atoms. The van der Waals surface area contributed by atoms with Crippen molar-refractivity contribution in [3.8, 4) is 28.3 Å². The summed E-state index contributed by atoms with van der Waals surface area (Å²) in [6, 6.07) is 12.8. The number of rotatable bonds is 6. The Balaban J connectivity index is 1.40. The number of nitrogens with one attached hydrogen (secondary N) is 2. The number of ether oxygens (including phenoxy) is 1. The number of pyridine rings is 1. The molecule has 2 aromatic heterocycles. The highest BCUT2D eigenvalue weighted by molar-refractivity contribution is 6.06. The van der Waals surface area contributed by atoms with Gasteiger partial charge in [-0.25, -0.2) is 18.7 Å². The number of amides is 1. The predicted octanol–water partition coefficient (Wildman–Crippen LogP) is 4.30. The number of hydrogen-bond acceptors (Lipinski definition) is 7. The van der Waals surface area contributed by atoms with Crippen LogP contribution >= 0.6 is 0 Å². The maximum absolute atomic E-state index is 15.0. The van der Waals surface area contributed by atoms with Crippen LogP contribution in [0.2, 0.25) is 0 Å². The van der Waals surface area contributed by atoms with Crippen molar-refractivity contribution in [3.05, 3.63) is 84.4 Å². The molecule has 6 rings (SSSR count). The number of aromatic nitrogens is 3. The van der Waals surface area contributed by atoms with E-state index in [0.29, 0.717) is 17.3 Å². The predicted molar refractivity (Wildman–Crippen MR) is 139 cm³/mol. The summed E-state index contributed by atoms with van der Waals surface area (Å²) >= 11 is 0. The lowest BCUT2D eigenvalue weighted by Gasteiger charge is -2.33. The third-order valence-electron chi connectivity index (χ3n) is 6.95. The molecule has 1 amide bonds. The van der Waals surface area contributed by atoms with E-state index < -0.39 is 17.5 Å². The highest BCUT2D eigenvalue weighted by atomic mass is 19.1. The Morgan fingerprint density at radius 2 is 2.05 bits per heavy atom. The number of methoxy groups -OCH3 is 1. The third kappa shape index (κ3) is 4.32. The first-order chi connectivity index (χ1) is 18.5. The highest BCUT2D eigenvalue weighted by Crippen LogP contribution is 2.42. The largest absolute Gasteiger partial charge is 0.496 e. The van der Waals surface area contributed by atoms with Crippen LogP contribution in [0.4, 0.5) is 20.2 Å². The molecule has 4 heterocycles. The van der Waals surface area contributed by atoms with Crippen LogP contribution in [0.15, 0.2) is 67.1 Å². The number of benzene rings is 2. The second kappa shape index (κ2) is 9.79. The van der Waals surface area contributed by atoms with Gasteiger partial charge in [-0.1, -0.05) is 12.1 Å². The van der Waals surface area contributed by atoms with Gasteiger partial charge in [-0.2, -0.15) is 0 Å². The van der Waals surface area contributed by atoms with Crippen LogP contribution in [0.25, 0.3) is 22.5 Å². The average molecular weight is 515 g/mol. The summed E-state index contributed by atoms with van der Waals surface area (Å²) in [6.45, 7) is 1.54. The molecule has 2 saturated heterocycles. The first-order valence-corrected chi connectivity index (χ1v) is 12.2. The SMILES string of the molecule is COc1cccc(F)c1-c1nccc(C(=O)Nc2cc(F)cc(-c3cccnc3)c2N2CC3CC2CN3)n1. The Morgan fingerprint density at radius 3 is 2.79 bits per heavy atom. The molecule has 0 spiro atoms. The van der Waals surface area contributed by atoms with Gasteiger partial charge >= 0.3 is 0 Å². The van der Waals surface area contributed by atoms with Crippen molar-refractivity contribution in [2.75, 3.05) is 30.4 Å². The summed E-state index contributed by atoms with van der Waals surface area (Å²) in [4.78, 5) is 28.3. The molecule has 8 nitrogen and oxygen atoms in total. The molecule has 192 valence electrons. The fourth-order valence-electron chi connectivity index (χ4n) is 5.26. The van der Waals surface area contributed by atoms with Crippen molar-refractivity contribution >= 4 is 17.3 Å². The van der Waals surface area contributed by atoms with Crippen molar-refractivity contribution in [2.45, 2.75) is 18.5 Å². The van der Waals surface area contributed by atoms with E-state index in [1.807, 2.05) is 6.07 Å². The zero-order valence-electron chi connectivity index (χ0n) is 20.5. The smallest absolute Gasteiger partial charge is 0.274 e. The topological polar surface area (TPSA) is 92.3 Å². The van der Waals surface area contributed by atoms with Crippen LogP contribution in [0.5, 0.6) is 5.75 Å². The molecule has 2 fully saturated rings. The summed E-state index contributed by atoms with van der Waals surface area (Å²) in [7, 11) is 1.42. The van der Waals surface area contributed by atoms with Gasteiger partial charge in [0, 0.05) is 54.9 Å². The molecular weight excluding hydrogens is 490 g/mol. The molecule has 0 saturated carbocycles. The average Bonchev–Trinajstić information content (AvgIpc) is 3.57. The van der Waals surface area contributed by atoms with Gasteiger partial charge in [0.15, 0.2) is 5.82 Å². The van der Waals surface area contributed by atoms with Crippen molar-refractivity contribution in [1.82, 2.24) is 20.3 Å². The van der Waals surface area contributed by atoms with E-state index in [-0.39, 0.29) is 28.9 Å². The quantitative estimate of drug-likeness (QED) is 0.397. The summed E-state index contributed by atoms with van der Waals surface area (Å²) in [5.41, 5.74) is 2.49. The lowest BCUT2D eigenvalue weighted by atomic mass is 10.0. The lowest BCUT2D eigenvalue weighted by molar-refractivity contribution is 0.102. The first kappa shape index (κ1) is 23.9. The van der Waals surface area contributed by atoms with Crippen LogP contribution in [0.3, 0.4) is 0 Å². The van der Waals surface area contributed by atoms with Crippen LogP contribution in [0.1, 0.15) is 16.9 Å². The molecule has 2 aliphatic heterocycles. The second-order valence-electron chi connectivity index (χ2n) is 9.27. The second-order valence-corrected chi connectivity index (χ2v) is 9.27. The van der Waals surface area contributed by atoms with E-state index in [1.165, 1.54) is 43.6 Å².